The number of ether oxygens (including phenoxy) is 5. The van der Waals surface area contributed by atoms with Gasteiger partial charge < -0.3 is 23.7 Å². The van der Waals surface area contributed by atoms with Gasteiger partial charge in [0.05, 0.1) is 21.7 Å². The first-order chi connectivity index (χ1) is 22.4. The van der Waals surface area contributed by atoms with Gasteiger partial charge >= 0.3 is 23.9 Å². The number of fused-ring (bicyclic) bond motifs is 1. The van der Waals surface area contributed by atoms with Crippen molar-refractivity contribution in [2.45, 2.75) is 171 Å². The number of allylic oxidation sites excluding steroid dienone is 1. The number of likely N-dealkylation sites (tertiary alicyclic amines) is 1. The van der Waals surface area contributed by atoms with Crippen LogP contribution >= 0.6 is 0 Å². The first-order valence-corrected chi connectivity index (χ1v) is 17.8. The van der Waals surface area contributed by atoms with E-state index in [0.717, 1.165) is 19.3 Å². The maximum atomic E-state index is 13.7. The summed E-state index contributed by atoms with van der Waals surface area (Å²) >= 11 is 0. The van der Waals surface area contributed by atoms with Crippen molar-refractivity contribution in [2.75, 3.05) is 6.61 Å². The van der Waals surface area contributed by atoms with E-state index in [2.05, 4.69) is 4.90 Å². The summed E-state index contributed by atoms with van der Waals surface area (Å²) in [5, 5.41) is 0. The number of hydrogen-bond acceptors (Lipinski definition) is 11. The van der Waals surface area contributed by atoms with Crippen LogP contribution in [0.3, 0.4) is 0 Å². The molecule has 0 radical (unpaired) electrons. The van der Waals surface area contributed by atoms with Crippen LogP contribution in [0.5, 0.6) is 0 Å². The van der Waals surface area contributed by atoms with Crippen LogP contribution < -0.4 is 0 Å². The van der Waals surface area contributed by atoms with Crippen LogP contribution in [-0.4, -0.2) is 83.9 Å². The van der Waals surface area contributed by atoms with Gasteiger partial charge in [-0.1, -0.05) is 19.4 Å². The van der Waals surface area contributed by atoms with Crippen LogP contribution in [0.15, 0.2) is 11.6 Å². The lowest BCUT2D eigenvalue weighted by molar-refractivity contribution is -0.292. The normalized spacial score (nSPS) is 28.6. The fourth-order valence-electron chi connectivity index (χ4n) is 6.08. The summed E-state index contributed by atoms with van der Waals surface area (Å²) in [6.45, 7) is 22.2. The fourth-order valence-corrected chi connectivity index (χ4v) is 6.08. The van der Waals surface area contributed by atoms with Gasteiger partial charge in [-0.05, 0) is 109 Å². The molecule has 2 heterocycles. The highest BCUT2D eigenvalue weighted by atomic mass is 16.7. The smallest absolute Gasteiger partial charge is 0.311 e. The summed E-state index contributed by atoms with van der Waals surface area (Å²) < 4.78 is 31.4. The maximum Gasteiger partial charge on any atom is 0.311 e. The summed E-state index contributed by atoms with van der Waals surface area (Å²) in [5.74, 6) is -2.19. The van der Waals surface area contributed by atoms with Gasteiger partial charge in [0.15, 0.2) is 30.3 Å². The largest absolute Gasteiger partial charge is 0.462 e. The second-order valence-corrected chi connectivity index (χ2v) is 17.9. The molecule has 0 amide bonds. The lowest BCUT2D eigenvalue weighted by Gasteiger charge is -2.54. The monoisotopic (exact) mass is 691 g/mol. The van der Waals surface area contributed by atoms with Crippen molar-refractivity contribution in [1.82, 2.24) is 4.90 Å². The van der Waals surface area contributed by atoms with Crippen molar-refractivity contribution in [3.63, 3.8) is 0 Å². The molecule has 3 aliphatic rings. The molecule has 278 valence electrons. The van der Waals surface area contributed by atoms with Gasteiger partial charge in [0.2, 0.25) is 0 Å². The van der Waals surface area contributed by atoms with E-state index in [4.69, 9.17) is 23.7 Å². The van der Waals surface area contributed by atoms with Gasteiger partial charge in [-0.3, -0.25) is 28.9 Å². The summed E-state index contributed by atoms with van der Waals surface area (Å²) in [5.41, 5.74) is -3.02. The van der Waals surface area contributed by atoms with Crippen molar-refractivity contribution in [3.05, 3.63) is 11.6 Å². The van der Waals surface area contributed by atoms with E-state index in [-0.39, 0.29) is 30.9 Å². The molecule has 0 N–H and O–H groups in total. The Balaban J connectivity index is 2.29. The van der Waals surface area contributed by atoms with Gasteiger partial charge in [-0.25, -0.2) is 0 Å². The third kappa shape index (κ3) is 9.93. The molecule has 11 heteroatoms. The average Bonchev–Trinajstić information content (AvgIpc) is 2.96. The third-order valence-corrected chi connectivity index (χ3v) is 9.01. The van der Waals surface area contributed by atoms with Crippen molar-refractivity contribution in [3.8, 4) is 0 Å². The maximum absolute atomic E-state index is 13.7. The van der Waals surface area contributed by atoms with Gasteiger partial charge in [-0.15, -0.1) is 0 Å². The van der Waals surface area contributed by atoms with Crippen LogP contribution in [0.1, 0.15) is 129 Å². The Morgan fingerprint density at radius 3 is 1.73 bits per heavy atom. The number of carbonyl (C=O) groups excluding carboxylic acids is 5. The number of Topliss-reactive ketones (excluding diaryl/α,β-unsaturated/α-hetero) is 1. The molecule has 2 fully saturated rings. The van der Waals surface area contributed by atoms with Crippen LogP contribution in [-0.2, 0) is 47.7 Å². The number of piperidine rings is 1. The zero-order valence-corrected chi connectivity index (χ0v) is 32.1. The summed E-state index contributed by atoms with van der Waals surface area (Å²) in [7, 11) is 0. The minimum atomic E-state index is -1.34. The van der Waals surface area contributed by atoms with Gasteiger partial charge in [0.1, 0.15) is 12.7 Å². The minimum absolute atomic E-state index is 0.0850. The molecule has 0 saturated carbocycles. The van der Waals surface area contributed by atoms with E-state index >= 15 is 0 Å². The van der Waals surface area contributed by atoms with E-state index in [1.54, 1.807) is 83.1 Å². The molecule has 3 rings (SSSR count). The average molecular weight is 692 g/mol. The zero-order chi connectivity index (χ0) is 37.3. The van der Waals surface area contributed by atoms with E-state index in [9.17, 15) is 24.0 Å². The lowest BCUT2D eigenvalue weighted by Crippen LogP contribution is -2.70. The summed E-state index contributed by atoms with van der Waals surface area (Å²) in [4.78, 5) is 69.6. The Morgan fingerprint density at radius 1 is 0.755 bits per heavy atom. The Labute approximate surface area is 293 Å². The first kappa shape index (κ1) is 40.6. The number of ketones is 1. The number of hydrogen-bond donors (Lipinski definition) is 0. The topological polar surface area (TPSA) is 135 Å². The van der Waals surface area contributed by atoms with Gasteiger partial charge in [-0.2, -0.15) is 0 Å². The molecule has 2 saturated heterocycles. The third-order valence-electron chi connectivity index (χ3n) is 9.01. The fraction of sp³-hybridized carbons (Fsp3) is 0.816. The molecule has 1 aliphatic carbocycles. The number of esters is 4. The first-order valence-electron chi connectivity index (χ1n) is 17.8. The van der Waals surface area contributed by atoms with Crippen molar-refractivity contribution in [1.29, 1.82) is 0 Å². The highest BCUT2D eigenvalue weighted by Crippen LogP contribution is 2.42. The van der Waals surface area contributed by atoms with E-state index < -0.39 is 76.2 Å². The molecule has 0 aromatic rings. The molecule has 0 spiro atoms. The molecule has 0 aromatic carbocycles. The Bertz CT molecular complexity index is 1270. The minimum Gasteiger partial charge on any atom is -0.462 e. The Kier molecular flexibility index (Phi) is 12.6. The SMILES string of the molecule is CCC[C@H]1CC(=O)C2=CCCC[C@H]2N1[C@@H]1O[C@H](COC(=O)C(C)(C)C)[C@H](OC(=O)C(C)(C)C)[C@H](OC(=O)C(C)(C)C)[C@H]1OC(=O)C(C)(C)C. The van der Waals surface area contributed by atoms with E-state index in [1.165, 1.54) is 0 Å². The standard InChI is InChI=1S/C38H61NO10/c1-14-17-22-20-25(40)23-18-15-16-19-24(23)39(22)30-29(49-34(44)38(11,12)13)28(48-33(43)37(8,9)10)27(47-32(42)36(5,6)7)26(46-30)21-45-31(41)35(2,3)4/h18,22,24,26-30H,14-17,19-21H2,1-13H3/t22-,24+,26+,27-,28-,29+,30+/m0/s1. The molecule has 0 bridgehead atoms. The van der Waals surface area contributed by atoms with Crippen LogP contribution in [0, 0.1) is 21.7 Å². The second-order valence-electron chi connectivity index (χ2n) is 17.9. The van der Waals surface area contributed by atoms with Crippen LogP contribution in [0.25, 0.3) is 0 Å². The second kappa shape index (κ2) is 15.2. The quantitative estimate of drug-likeness (QED) is 0.216. The molecule has 11 nitrogen and oxygen atoms in total. The summed E-state index contributed by atoms with van der Waals surface area (Å²) in [6, 6.07) is -0.609. The Morgan fingerprint density at radius 2 is 1.24 bits per heavy atom. The summed E-state index contributed by atoms with van der Waals surface area (Å²) in [6.07, 6.45) is -0.0898. The van der Waals surface area contributed by atoms with E-state index in [1.807, 2.05) is 13.0 Å². The van der Waals surface area contributed by atoms with Gasteiger partial charge in [0, 0.05) is 24.1 Å². The van der Waals surface area contributed by atoms with Crippen molar-refractivity contribution >= 4 is 29.7 Å². The zero-order valence-electron chi connectivity index (χ0n) is 32.1. The molecule has 49 heavy (non-hydrogen) atoms. The Hall–Kier alpha value is -2.79. The molecule has 0 aromatic heterocycles. The number of nitrogens with zero attached hydrogens (tertiary/aromatic N) is 1. The predicted molar refractivity (Wildman–Crippen MR) is 183 cm³/mol. The van der Waals surface area contributed by atoms with Crippen LogP contribution in [0.2, 0.25) is 0 Å². The molecular weight excluding hydrogens is 630 g/mol. The van der Waals surface area contributed by atoms with Crippen molar-refractivity contribution < 1.29 is 47.7 Å². The van der Waals surface area contributed by atoms with Gasteiger partial charge in [0.25, 0.3) is 0 Å². The van der Waals surface area contributed by atoms with Crippen LogP contribution in [0.4, 0.5) is 0 Å². The van der Waals surface area contributed by atoms with E-state index in [0.29, 0.717) is 18.4 Å². The predicted octanol–water partition coefficient (Wildman–Crippen LogP) is 6.10. The van der Waals surface area contributed by atoms with Crippen molar-refractivity contribution in [2.24, 2.45) is 21.7 Å². The molecule has 7 atom stereocenters. The number of carbonyl (C=O) groups is 5. The molecular formula is C38H61NO10. The molecule has 0 unspecified atom stereocenters. The highest BCUT2D eigenvalue weighted by molar-refractivity contribution is 5.98. The highest BCUT2D eigenvalue weighted by Gasteiger charge is 2.58. The lowest BCUT2D eigenvalue weighted by atomic mass is 9.80. The number of rotatable bonds is 8. The molecule has 2 aliphatic heterocycles.